The van der Waals surface area contributed by atoms with Gasteiger partial charge in [0.05, 0.1) is 20.6 Å². The van der Waals surface area contributed by atoms with E-state index >= 15 is 0 Å². The summed E-state index contributed by atoms with van der Waals surface area (Å²) in [7, 11) is 2.99. The number of hydrogen-bond donors (Lipinski definition) is 2. The molecule has 6 heteroatoms. The Morgan fingerprint density at radius 1 is 0.840 bits per heavy atom. The van der Waals surface area contributed by atoms with Crippen molar-refractivity contribution < 1.29 is 19.1 Å². The molecule has 0 fully saturated rings. The van der Waals surface area contributed by atoms with Gasteiger partial charge in [-0.1, -0.05) is 36.4 Å². The first-order valence-corrected chi connectivity index (χ1v) is 7.95. The lowest BCUT2D eigenvalue weighted by Crippen LogP contribution is -2.35. The van der Waals surface area contributed by atoms with Crippen LogP contribution >= 0.6 is 0 Å². The highest BCUT2D eigenvalue weighted by Gasteiger charge is 2.17. The molecule has 2 aromatic carbocycles. The van der Waals surface area contributed by atoms with Crippen molar-refractivity contribution >= 4 is 11.8 Å². The van der Waals surface area contributed by atoms with Gasteiger partial charge in [-0.2, -0.15) is 0 Å². The normalized spacial score (nSPS) is 10.0. The third kappa shape index (κ3) is 5.24. The van der Waals surface area contributed by atoms with Crippen LogP contribution in [0.25, 0.3) is 0 Å². The summed E-state index contributed by atoms with van der Waals surface area (Å²) in [5.41, 5.74) is 1.28. The average Bonchev–Trinajstić information content (AvgIpc) is 2.65. The van der Waals surface area contributed by atoms with Crippen LogP contribution in [0.15, 0.2) is 48.5 Å². The molecule has 25 heavy (non-hydrogen) atoms. The monoisotopic (exact) mass is 342 g/mol. The van der Waals surface area contributed by atoms with Gasteiger partial charge in [0.2, 0.25) is 5.91 Å². The molecule has 2 amide bonds. The fourth-order valence-electron chi connectivity index (χ4n) is 2.39. The Kier molecular flexibility index (Phi) is 6.83. The third-order valence-corrected chi connectivity index (χ3v) is 3.60. The largest absolute Gasteiger partial charge is 0.496 e. The second-order valence-corrected chi connectivity index (χ2v) is 5.31. The molecule has 0 aromatic heterocycles. The van der Waals surface area contributed by atoms with E-state index in [9.17, 15) is 9.59 Å². The van der Waals surface area contributed by atoms with E-state index in [4.69, 9.17) is 9.47 Å². The predicted octanol–water partition coefficient (Wildman–Crippen LogP) is 1.79. The second kappa shape index (κ2) is 9.32. The molecular formula is C19H22N2O4. The first kappa shape index (κ1) is 18.3. The summed E-state index contributed by atoms with van der Waals surface area (Å²) in [6.45, 7) is 0.648. The Morgan fingerprint density at radius 3 is 2.04 bits per heavy atom. The van der Waals surface area contributed by atoms with Gasteiger partial charge in [0.25, 0.3) is 5.91 Å². The molecule has 0 saturated carbocycles. The van der Waals surface area contributed by atoms with Gasteiger partial charge >= 0.3 is 0 Å². The Morgan fingerprint density at radius 2 is 1.44 bits per heavy atom. The number of amides is 2. The van der Waals surface area contributed by atoms with Gasteiger partial charge in [0.1, 0.15) is 17.1 Å². The number of hydrogen-bond acceptors (Lipinski definition) is 4. The van der Waals surface area contributed by atoms with E-state index in [2.05, 4.69) is 10.6 Å². The lowest BCUT2D eigenvalue weighted by molar-refractivity contribution is -0.120. The highest BCUT2D eigenvalue weighted by atomic mass is 16.5. The lowest BCUT2D eigenvalue weighted by atomic mass is 10.1. The van der Waals surface area contributed by atoms with Gasteiger partial charge in [-0.25, -0.2) is 0 Å². The van der Waals surface area contributed by atoms with Gasteiger partial charge in [-0.3, -0.25) is 9.59 Å². The number of carbonyl (C=O) groups is 2. The van der Waals surface area contributed by atoms with Crippen molar-refractivity contribution in [1.82, 2.24) is 10.6 Å². The number of ether oxygens (including phenoxy) is 2. The topological polar surface area (TPSA) is 76.7 Å². The Hall–Kier alpha value is -3.02. The SMILES string of the molecule is COc1cccc(OC)c1C(=O)NCCNC(=O)Cc1ccccc1. The number of nitrogens with one attached hydrogen (secondary N) is 2. The van der Waals surface area contributed by atoms with Crippen molar-refractivity contribution in [3.05, 3.63) is 59.7 Å². The zero-order valence-corrected chi connectivity index (χ0v) is 14.4. The van der Waals surface area contributed by atoms with Gasteiger partial charge in [0, 0.05) is 13.1 Å². The molecule has 0 radical (unpaired) electrons. The summed E-state index contributed by atoms with van der Waals surface area (Å²) >= 11 is 0. The van der Waals surface area contributed by atoms with Crippen molar-refractivity contribution in [3.8, 4) is 11.5 Å². The Balaban J connectivity index is 1.82. The number of carbonyl (C=O) groups excluding carboxylic acids is 2. The Bertz CT molecular complexity index is 694. The van der Waals surface area contributed by atoms with Gasteiger partial charge in [0.15, 0.2) is 0 Å². The van der Waals surface area contributed by atoms with Crippen LogP contribution in [0.1, 0.15) is 15.9 Å². The summed E-state index contributed by atoms with van der Waals surface area (Å²) in [5.74, 6) is 0.469. The Labute approximate surface area is 147 Å². The van der Waals surface area contributed by atoms with E-state index in [1.165, 1.54) is 14.2 Å². The van der Waals surface area contributed by atoms with E-state index in [-0.39, 0.29) is 11.8 Å². The first-order valence-electron chi connectivity index (χ1n) is 7.95. The van der Waals surface area contributed by atoms with Crippen LogP contribution in [0.4, 0.5) is 0 Å². The molecule has 0 bridgehead atoms. The zero-order chi connectivity index (χ0) is 18.1. The van der Waals surface area contributed by atoms with E-state index < -0.39 is 0 Å². The molecule has 2 rings (SSSR count). The van der Waals surface area contributed by atoms with Gasteiger partial charge in [-0.05, 0) is 17.7 Å². The molecular weight excluding hydrogens is 320 g/mol. The average molecular weight is 342 g/mol. The van der Waals surface area contributed by atoms with E-state index in [1.807, 2.05) is 30.3 Å². The number of methoxy groups -OCH3 is 2. The van der Waals surface area contributed by atoms with Crippen molar-refractivity contribution in [2.45, 2.75) is 6.42 Å². The number of benzene rings is 2. The second-order valence-electron chi connectivity index (χ2n) is 5.31. The molecule has 132 valence electrons. The standard InChI is InChI=1S/C19H22N2O4/c1-24-15-9-6-10-16(25-2)18(15)19(23)21-12-11-20-17(22)13-14-7-4-3-5-8-14/h3-10H,11-13H2,1-2H3,(H,20,22)(H,21,23). The highest BCUT2D eigenvalue weighted by Crippen LogP contribution is 2.27. The van der Waals surface area contributed by atoms with Crippen LogP contribution in [0.2, 0.25) is 0 Å². The van der Waals surface area contributed by atoms with E-state index in [0.717, 1.165) is 5.56 Å². The maximum absolute atomic E-state index is 12.4. The molecule has 6 nitrogen and oxygen atoms in total. The molecule has 0 unspecified atom stereocenters. The minimum atomic E-state index is -0.313. The van der Waals surface area contributed by atoms with Gasteiger partial charge in [-0.15, -0.1) is 0 Å². The fraction of sp³-hybridized carbons (Fsp3) is 0.263. The minimum Gasteiger partial charge on any atom is -0.496 e. The summed E-state index contributed by atoms with van der Waals surface area (Å²) in [6.07, 6.45) is 0.315. The minimum absolute atomic E-state index is 0.0877. The molecule has 2 aromatic rings. The van der Waals surface area contributed by atoms with Crippen LogP contribution in [-0.2, 0) is 11.2 Å². The molecule has 2 N–H and O–H groups in total. The van der Waals surface area contributed by atoms with Crippen LogP contribution in [0.5, 0.6) is 11.5 Å². The van der Waals surface area contributed by atoms with Crippen molar-refractivity contribution in [1.29, 1.82) is 0 Å². The first-order chi connectivity index (χ1) is 12.2. The summed E-state index contributed by atoms with van der Waals surface area (Å²) < 4.78 is 10.4. The van der Waals surface area contributed by atoms with Crippen molar-refractivity contribution in [2.24, 2.45) is 0 Å². The lowest BCUT2D eigenvalue weighted by Gasteiger charge is -2.13. The zero-order valence-electron chi connectivity index (χ0n) is 14.4. The van der Waals surface area contributed by atoms with Crippen molar-refractivity contribution in [2.75, 3.05) is 27.3 Å². The molecule has 0 aliphatic heterocycles. The smallest absolute Gasteiger partial charge is 0.258 e. The van der Waals surface area contributed by atoms with E-state index in [1.54, 1.807) is 18.2 Å². The van der Waals surface area contributed by atoms with Crippen LogP contribution in [-0.4, -0.2) is 39.1 Å². The molecule has 0 heterocycles. The van der Waals surface area contributed by atoms with E-state index in [0.29, 0.717) is 36.6 Å². The summed E-state index contributed by atoms with van der Waals surface area (Å²) in [5, 5.41) is 5.53. The molecule has 0 aliphatic carbocycles. The van der Waals surface area contributed by atoms with Crippen molar-refractivity contribution in [3.63, 3.8) is 0 Å². The predicted molar refractivity (Wildman–Crippen MR) is 95.0 cm³/mol. The summed E-state index contributed by atoms with van der Waals surface area (Å²) in [4.78, 5) is 24.2. The molecule has 0 spiro atoms. The van der Waals surface area contributed by atoms with Gasteiger partial charge < -0.3 is 20.1 Å². The number of rotatable bonds is 8. The highest BCUT2D eigenvalue weighted by molar-refractivity contribution is 5.99. The van der Waals surface area contributed by atoms with Crippen LogP contribution in [0, 0.1) is 0 Å². The molecule has 0 aliphatic rings. The fourth-order valence-corrected chi connectivity index (χ4v) is 2.39. The maximum Gasteiger partial charge on any atom is 0.258 e. The summed E-state index contributed by atoms with van der Waals surface area (Å²) in [6, 6.07) is 14.6. The maximum atomic E-state index is 12.4. The van der Waals surface area contributed by atoms with Crippen LogP contribution in [0.3, 0.4) is 0 Å². The third-order valence-electron chi connectivity index (χ3n) is 3.60. The van der Waals surface area contributed by atoms with Crippen LogP contribution < -0.4 is 20.1 Å². The molecule has 0 atom stereocenters. The quantitative estimate of drug-likeness (QED) is 0.717. The molecule has 0 saturated heterocycles.